The smallest absolute Gasteiger partial charge is 0.305 e. The average Bonchev–Trinajstić information content (AvgIpc) is 3.18. The zero-order valence-electron chi connectivity index (χ0n) is 22.1. The van der Waals surface area contributed by atoms with Crippen molar-refractivity contribution in [3.63, 3.8) is 0 Å². The molecule has 1 aliphatic heterocycles. The standard InChI is InChI=1S/C26H33FN2O6Si/c1-33-18-8-10-23(21(27)14-18)35-16-17-6-5-7-19-20(17)15-29(26(19)32)22(25(28)31)9-11-24(30)34-12-13-36(2,3)4/h5-8,10,14,22H,9,11-13,15-16H2,1-4H3,(H2,28,31)/i22D. The largest absolute Gasteiger partial charge is 0.497 e. The van der Waals surface area contributed by atoms with Crippen LogP contribution in [-0.2, 0) is 27.5 Å². The van der Waals surface area contributed by atoms with Crippen LogP contribution in [0.5, 0.6) is 11.5 Å². The SMILES string of the molecule is [2H]C(CCC(=O)OCC[Si](C)(C)C)(C(N)=O)N1Cc2c(COc3ccc(OC)cc3F)cccc2C1=O. The maximum atomic E-state index is 14.3. The maximum absolute atomic E-state index is 14.3. The molecule has 1 unspecified atom stereocenters. The number of methoxy groups -OCH3 is 1. The molecular formula is C26H33FN2O6Si. The third kappa shape index (κ3) is 6.84. The first-order valence-corrected chi connectivity index (χ1v) is 15.4. The van der Waals surface area contributed by atoms with Gasteiger partial charge in [-0.1, -0.05) is 31.8 Å². The lowest BCUT2D eigenvalue weighted by Crippen LogP contribution is -2.45. The summed E-state index contributed by atoms with van der Waals surface area (Å²) in [5.41, 5.74) is 7.01. The first-order valence-electron chi connectivity index (χ1n) is 12.2. The van der Waals surface area contributed by atoms with E-state index in [2.05, 4.69) is 19.6 Å². The number of nitrogens with two attached hydrogens (primary N) is 1. The van der Waals surface area contributed by atoms with Crippen molar-refractivity contribution in [2.75, 3.05) is 13.7 Å². The highest BCUT2D eigenvalue weighted by Crippen LogP contribution is 2.30. The molecule has 10 heteroatoms. The van der Waals surface area contributed by atoms with E-state index in [1.807, 2.05) is 0 Å². The molecule has 0 saturated carbocycles. The second-order valence-corrected chi connectivity index (χ2v) is 15.4. The number of ether oxygens (including phenoxy) is 3. The number of carbonyl (C=O) groups excluding carboxylic acids is 3. The van der Waals surface area contributed by atoms with Crippen LogP contribution >= 0.6 is 0 Å². The molecule has 0 fully saturated rings. The molecule has 8 nitrogen and oxygen atoms in total. The molecule has 0 aromatic heterocycles. The van der Waals surface area contributed by atoms with Gasteiger partial charge in [-0.15, -0.1) is 0 Å². The Morgan fingerprint density at radius 1 is 1.25 bits per heavy atom. The van der Waals surface area contributed by atoms with Gasteiger partial charge in [0, 0.05) is 32.7 Å². The molecule has 3 rings (SSSR count). The number of carbonyl (C=O) groups is 3. The Morgan fingerprint density at radius 2 is 2.00 bits per heavy atom. The summed E-state index contributed by atoms with van der Waals surface area (Å²) in [6, 6.07) is 7.82. The third-order valence-corrected chi connectivity index (χ3v) is 7.58. The number of fused-ring (bicyclic) bond motifs is 1. The van der Waals surface area contributed by atoms with E-state index >= 15 is 0 Å². The van der Waals surface area contributed by atoms with E-state index < -0.39 is 37.7 Å². The Bertz CT molecular complexity index is 1190. The van der Waals surface area contributed by atoms with E-state index in [1.54, 1.807) is 24.3 Å². The molecule has 0 spiro atoms. The monoisotopic (exact) mass is 517 g/mol. The van der Waals surface area contributed by atoms with Gasteiger partial charge < -0.3 is 24.8 Å². The molecule has 36 heavy (non-hydrogen) atoms. The van der Waals surface area contributed by atoms with Gasteiger partial charge in [-0.2, -0.15) is 0 Å². The minimum atomic E-state index is -2.14. The van der Waals surface area contributed by atoms with Crippen molar-refractivity contribution >= 4 is 25.9 Å². The highest BCUT2D eigenvalue weighted by molar-refractivity contribution is 6.76. The van der Waals surface area contributed by atoms with Gasteiger partial charge in [-0.3, -0.25) is 14.4 Å². The fourth-order valence-corrected chi connectivity index (χ4v) is 4.50. The lowest BCUT2D eigenvalue weighted by Gasteiger charge is -2.25. The molecule has 1 atom stereocenters. The van der Waals surface area contributed by atoms with Gasteiger partial charge in [0.15, 0.2) is 11.6 Å². The predicted octanol–water partition coefficient (Wildman–Crippen LogP) is 3.88. The average molecular weight is 518 g/mol. The van der Waals surface area contributed by atoms with Crippen LogP contribution in [0, 0.1) is 5.82 Å². The minimum Gasteiger partial charge on any atom is -0.497 e. The van der Waals surface area contributed by atoms with Crippen molar-refractivity contribution in [1.29, 1.82) is 0 Å². The summed E-state index contributed by atoms with van der Waals surface area (Å²) in [6.07, 6.45) is -0.526. The fraction of sp³-hybridized carbons (Fsp3) is 0.423. The van der Waals surface area contributed by atoms with Crippen molar-refractivity contribution in [3.8, 4) is 11.5 Å². The summed E-state index contributed by atoms with van der Waals surface area (Å²) in [4.78, 5) is 38.9. The second kappa shape index (κ2) is 11.6. The van der Waals surface area contributed by atoms with Crippen molar-refractivity contribution in [2.45, 2.75) is 57.7 Å². The Balaban J connectivity index is 1.72. The van der Waals surface area contributed by atoms with Crippen LogP contribution in [0.1, 0.15) is 35.7 Å². The van der Waals surface area contributed by atoms with Gasteiger partial charge in [0.1, 0.15) is 18.4 Å². The Kier molecular flexibility index (Phi) is 8.24. The molecule has 2 amide bonds. The second-order valence-electron chi connectivity index (χ2n) is 9.76. The number of esters is 1. The first kappa shape index (κ1) is 25.7. The number of halogens is 1. The number of hydrogen-bond donors (Lipinski definition) is 1. The predicted molar refractivity (Wildman–Crippen MR) is 135 cm³/mol. The van der Waals surface area contributed by atoms with E-state index in [-0.39, 0.29) is 38.3 Å². The number of primary amides is 1. The van der Waals surface area contributed by atoms with Crippen LogP contribution in [0.2, 0.25) is 25.7 Å². The quantitative estimate of drug-likeness (QED) is 0.338. The van der Waals surface area contributed by atoms with Crippen LogP contribution in [0.3, 0.4) is 0 Å². The van der Waals surface area contributed by atoms with Crippen LogP contribution in [0.25, 0.3) is 0 Å². The van der Waals surface area contributed by atoms with Crippen molar-refractivity contribution in [3.05, 3.63) is 58.9 Å². The first-order chi connectivity index (χ1) is 17.4. The van der Waals surface area contributed by atoms with Crippen molar-refractivity contribution in [1.82, 2.24) is 4.90 Å². The number of nitrogens with zero attached hydrogens (tertiary/aromatic N) is 1. The van der Waals surface area contributed by atoms with Gasteiger partial charge in [0.25, 0.3) is 5.91 Å². The van der Waals surface area contributed by atoms with E-state index in [0.717, 1.165) is 10.9 Å². The van der Waals surface area contributed by atoms with Crippen LogP contribution in [0.15, 0.2) is 36.4 Å². The highest BCUT2D eigenvalue weighted by atomic mass is 28.3. The molecule has 0 saturated heterocycles. The van der Waals surface area contributed by atoms with Gasteiger partial charge >= 0.3 is 5.97 Å². The maximum Gasteiger partial charge on any atom is 0.305 e. The minimum absolute atomic E-state index is 0.0131. The van der Waals surface area contributed by atoms with Gasteiger partial charge in [-0.25, -0.2) is 4.39 Å². The Morgan fingerprint density at radius 3 is 2.64 bits per heavy atom. The topological polar surface area (TPSA) is 108 Å². The summed E-state index contributed by atoms with van der Waals surface area (Å²) < 4.78 is 38.9. The molecular weight excluding hydrogens is 483 g/mol. The molecule has 1 aliphatic rings. The summed E-state index contributed by atoms with van der Waals surface area (Å²) in [5, 5.41) is 0. The summed E-state index contributed by atoms with van der Waals surface area (Å²) in [6.45, 7) is 6.64. The lowest BCUT2D eigenvalue weighted by molar-refractivity contribution is -0.143. The molecule has 0 bridgehead atoms. The zero-order valence-corrected chi connectivity index (χ0v) is 22.1. The number of benzene rings is 2. The van der Waals surface area contributed by atoms with Crippen LogP contribution in [-0.4, -0.2) is 50.5 Å². The van der Waals surface area contributed by atoms with Gasteiger partial charge in [-0.05, 0) is 41.8 Å². The molecule has 0 aliphatic carbocycles. The molecule has 194 valence electrons. The van der Waals surface area contributed by atoms with Crippen molar-refractivity contribution < 1.29 is 34.4 Å². The fourth-order valence-electron chi connectivity index (χ4n) is 3.79. The Hall–Kier alpha value is -3.40. The number of rotatable bonds is 12. The van der Waals surface area contributed by atoms with Gasteiger partial charge in [0.05, 0.1) is 15.1 Å². The molecule has 2 N–H and O–H groups in total. The third-order valence-electron chi connectivity index (χ3n) is 5.88. The van der Waals surface area contributed by atoms with Crippen LogP contribution < -0.4 is 15.2 Å². The van der Waals surface area contributed by atoms with Gasteiger partial charge in [0.2, 0.25) is 5.91 Å². The molecule has 0 radical (unpaired) electrons. The van der Waals surface area contributed by atoms with E-state index in [1.165, 1.54) is 19.2 Å². The van der Waals surface area contributed by atoms with E-state index in [4.69, 9.17) is 21.3 Å². The summed E-state index contributed by atoms with van der Waals surface area (Å²) in [5.74, 6) is -2.37. The zero-order chi connectivity index (χ0) is 27.4. The molecule has 2 aromatic rings. The molecule has 2 aromatic carbocycles. The number of hydrogen-bond acceptors (Lipinski definition) is 6. The highest BCUT2D eigenvalue weighted by Gasteiger charge is 2.36. The molecule has 1 heterocycles. The normalized spacial score (nSPS) is 15.1. The lowest BCUT2D eigenvalue weighted by atomic mass is 10.0. The summed E-state index contributed by atoms with van der Waals surface area (Å²) in [7, 11) is 0.0440. The Labute approximate surface area is 212 Å². The number of amides is 2. The van der Waals surface area contributed by atoms with Crippen molar-refractivity contribution in [2.24, 2.45) is 5.73 Å². The van der Waals surface area contributed by atoms with Crippen LogP contribution in [0.4, 0.5) is 4.39 Å². The summed E-state index contributed by atoms with van der Waals surface area (Å²) >= 11 is 0. The van der Waals surface area contributed by atoms with E-state index in [9.17, 15) is 18.8 Å². The van der Waals surface area contributed by atoms with E-state index in [0.29, 0.717) is 22.4 Å².